The number of aliphatic hydroxyl groups excluding tert-OH is 1. The fraction of sp³-hybridized carbons (Fsp3) is 0.391. The first-order valence-electron chi connectivity index (χ1n) is 11.0. The number of hydrogen-bond acceptors (Lipinski definition) is 6. The Bertz CT molecular complexity index is 1230. The number of carbonyl (C=O) groups excluding carboxylic acids is 1. The molecule has 2 aliphatic rings. The van der Waals surface area contributed by atoms with E-state index in [0.29, 0.717) is 29.7 Å². The largest absolute Gasteiger partial charge is 0.419 e. The van der Waals surface area contributed by atoms with E-state index in [1.165, 1.54) is 19.1 Å². The number of benzene rings is 1. The molecule has 0 radical (unpaired) electrons. The smallest absolute Gasteiger partial charge is 0.391 e. The van der Waals surface area contributed by atoms with Crippen LogP contribution in [0.4, 0.5) is 17.6 Å². The summed E-state index contributed by atoms with van der Waals surface area (Å²) in [6, 6.07) is 1.78. The van der Waals surface area contributed by atoms with Crippen LogP contribution in [0.3, 0.4) is 0 Å². The molecule has 0 saturated carbocycles. The molecule has 0 aliphatic carbocycles. The second-order valence-electron chi connectivity index (χ2n) is 8.63. The van der Waals surface area contributed by atoms with Crippen molar-refractivity contribution < 1.29 is 27.5 Å². The summed E-state index contributed by atoms with van der Waals surface area (Å²) in [6.07, 6.45) is -0.713. The van der Waals surface area contributed by atoms with Crippen molar-refractivity contribution in [3.8, 4) is 0 Å². The van der Waals surface area contributed by atoms with Crippen LogP contribution in [0.15, 0.2) is 52.3 Å². The molecule has 35 heavy (non-hydrogen) atoms. The van der Waals surface area contributed by atoms with Gasteiger partial charge in [-0.3, -0.25) is 14.5 Å². The summed E-state index contributed by atoms with van der Waals surface area (Å²) in [5.41, 5.74) is -0.487. The lowest BCUT2D eigenvalue weighted by molar-refractivity contribution is -0.140. The molecule has 4 rings (SSSR count). The van der Waals surface area contributed by atoms with E-state index in [4.69, 9.17) is 0 Å². The van der Waals surface area contributed by atoms with Crippen LogP contribution in [0.1, 0.15) is 43.5 Å². The van der Waals surface area contributed by atoms with E-state index in [0.717, 1.165) is 6.07 Å². The van der Waals surface area contributed by atoms with E-state index in [1.807, 2.05) is 6.92 Å². The van der Waals surface area contributed by atoms with E-state index in [9.17, 15) is 27.5 Å². The van der Waals surface area contributed by atoms with E-state index in [2.05, 4.69) is 20.5 Å². The Hall–Kier alpha value is -3.54. The summed E-state index contributed by atoms with van der Waals surface area (Å²) in [5.74, 6) is -1.73. The van der Waals surface area contributed by atoms with Crippen LogP contribution < -0.4 is 5.32 Å². The second-order valence-corrected chi connectivity index (χ2v) is 8.63. The summed E-state index contributed by atoms with van der Waals surface area (Å²) in [5, 5.41) is 22.5. The highest BCUT2D eigenvalue weighted by Crippen LogP contribution is 2.34. The Morgan fingerprint density at radius 2 is 2.06 bits per heavy atom. The average Bonchev–Trinajstić information content (AvgIpc) is 3.37. The first kappa shape index (κ1) is 24.6. The van der Waals surface area contributed by atoms with Crippen LogP contribution >= 0.6 is 0 Å². The molecule has 2 aliphatic heterocycles. The molecule has 3 heterocycles. The van der Waals surface area contributed by atoms with Gasteiger partial charge in [-0.1, -0.05) is 12.1 Å². The molecule has 1 aromatic carbocycles. The summed E-state index contributed by atoms with van der Waals surface area (Å²) in [7, 11) is 0. The fourth-order valence-corrected chi connectivity index (χ4v) is 3.94. The van der Waals surface area contributed by atoms with Gasteiger partial charge in [0.15, 0.2) is 5.84 Å². The zero-order valence-corrected chi connectivity index (χ0v) is 19.2. The van der Waals surface area contributed by atoms with Crippen LogP contribution in [0.5, 0.6) is 0 Å². The van der Waals surface area contributed by atoms with Crippen LogP contribution in [0.2, 0.25) is 0 Å². The van der Waals surface area contributed by atoms with Crippen LogP contribution in [-0.2, 0) is 17.5 Å². The van der Waals surface area contributed by atoms with Crippen molar-refractivity contribution in [2.75, 3.05) is 6.54 Å². The average molecular weight is 492 g/mol. The summed E-state index contributed by atoms with van der Waals surface area (Å²) < 4.78 is 55.5. The topological polar surface area (TPSA) is 95.1 Å². The van der Waals surface area contributed by atoms with Gasteiger partial charge in [0.25, 0.3) is 5.91 Å². The molecule has 186 valence electrons. The van der Waals surface area contributed by atoms with E-state index < -0.39 is 35.6 Å². The molecule has 8 nitrogen and oxygen atoms in total. The minimum Gasteiger partial charge on any atom is -0.391 e. The lowest BCUT2D eigenvalue weighted by Crippen LogP contribution is -2.38. The molecule has 0 unspecified atom stereocenters. The molecule has 1 amide bonds. The van der Waals surface area contributed by atoms with Gasteiger partial charge in [-0.25, -0.2) is 9.40 Å². The predicted octanol–water partition coefficient (Wildman–Crippen LogP) is 3.05. The van der Waals surface area contributed by atoms with Gasteiger partial charge in [0.2, 0.25) is 0 Å². The molecule has 12 heteroatoms. The molecule has 0 fully saturated rings. The van der Waals surface area contributed by atoms with Gasteiger partial charge < -0.3 is 10.4 Å². The number of aliphatic imine (C=N–C) groups is 1. The lowest BCUT2D eigenvalue weighted by atomic mass is 10.0. The monoisotopic (exact) mass is 492 g/mol. The minimum absolute atomic E-state index is 0.138. The molecule has 0 bridgehead atoms. The summed E-state index contributed by atoms with van der Waals surface area (Å²) in [4.78, 5) is 17.7. The third kappa shape index (κ3) is 5.11. The van der Waals surface area contributed by atoms with Crippen molar-refractivity contribution in [3.05, 3.63) is 64.7 Å². The van der Waals surface area contributed by atoms with Crippen LogP contribution in [-0.4, -0.2) is 56.0 Å². The van der Waals surface area contributed by atoms with Crippen molar-refractivity contribution in [2.24, 2.45) is 10.1 Å². The number of rotatable bonds is 6. The number of hydrogen-bond donors (Lipinski definition) is 2. The highest BCUT2D eigenvalue weighted by atomic mass is 19.4. The highest BCUT2D eigenvalue weighted by molar-refractivity contribution is 6.28. The van der Waals surface area contributed by atoms with Crippen LogP contribution in [0.25, 0.3) is 0 Å². The predicted molar refractivity (Wildman–Crippen MR) is 120 cm³/mol. The molecule has 0 spiro atoms. The first-order chi connectivity index (χ1) is 16.4. The molecule has 2 aromatic rings. The van der Waals surface area contributed by atoms with E-state index in [1.54, 1.807) is 29.0 Å². The number of nitrogens with zero attached hydrogens (tertiary/aromatic N) is 5. The van der Waals surface area contributed by atoms with Gasteiger partial charge in [-0.05, 0) is 32.9 Å². The SMILES string of the molecule is C[C@H](O)Cn1cc(C2=NN3C[C@@H](C)N=C3C(C(=O)N[C@H](C)c3cccc(C(F)(F)F)c3F)=C2)cn1. The number of amidine groups is 1. The number of aliphatic hydroxyl groups is 1. The zero-order valence-electron chi connectivity index (χ0n) is 19.2. The molecular weight excluding hydrogens is 468 g/mol. The number of halogens is 4. The quantitative estimate of drug-likeness (QED) is 0.606. The maximum atomic E-state index is 14.6. The van der Waals surface area contributed by atoms with Crippen molar-refractivity contribution in [3.63, 3.8) is 0 Å². The molecule has 0 saturated heterocycles. The Balaban J connectivity index is 1.62. The van der Waals surface area contributed by atoms with Crippen molar-refractivity contribution in [1.82, 2.24) is 20.1 Å². The van der Waals surface area contributed by atoms with E-state index in [-0.39, 0.29) is 23.7 Å². The number of fused-ring (bicyclic) bond motifs is 1. The molecule has 1 aromatic heterocycles. The van der Waals surface area contributed by atoms with Crippen molar-refractivity contribution in [1.29, 1.82) is 0 Å². The molecular formula is C23H24F4N6O2. The Labute approximate surface area is 198 Å². The standard InChI is InChI=1S/C23H24F4N6O2/c1-12-9-33-21(29-12)17(7-19(31-33)15-8-28-32(11-15)10-13(2)34)22(35)30-14(3)16-5-4-6-18(20(16)24)23(25,26)27/h4-8,11-14,34H,9-10H2,1-3H3,(H,30,35)/t12-,13+,14-/m1/s1. The fourth-order valence-electron chi connectivity index (χ4n) is 3.94. The Kier molecular flexibility index (Phi) is 6.50. The van der Waals surface area contributed by atoms with Gasteiger partial charge in [-0.2, -0.15) is 23.4 Å². The number of alkyl halides is 3. The Morgan fingerprint density at radius 3 is 2.74 bits per heavy atom. The zero-order chi connectivity index (χ0) is 25.5. The maximum absolute atomic E-state index is 14.6. The second kappa shape index (κ2) is 9.25. The van der Waals surface area contributed by atoms with Gasteiger partial charge in [-0.15, -0.1) is 0 Å². The van der Waals surface area contributed by atoms with Gasteiger partial charge >= 0.3 is 6.18 Å². The number of amides is 1. The minimum atomic E-state index is -4.85. The van der Waals surface area contributed by atoms with Crippen molar-refractivity contribution >= 4 is 17.5 Å². The number of hydrazone groups is 1. The summed E-state index contributed by atoms with van der Waals surface area (Å²) >= 11 is 0. The van der Waals surface area contributed by atoms with Crippen molar-refractivity contribution in [2.45, 2.75) is 51.7 Å². The first-order valence-corrected chi connectivity index (χ1v) is 11.0. The Morgan fingerprint density at radius 1 is 1.31 bits per heavy atom. The van der Waals surface area contributed by atoms with E-state index >= 15 is 0 Å². The third-order valence-electron chi connectivity index (χ3n) is 5.55. The lowest BCUT2D eigenvalue weighted by Gasteiger charge is -2.24. The van der Waals surface area contributed by atoms with Gasteiger partial charge in [0, 0.05) is 17.3 Å². The summed E-state index contributed by atoms with van der Waals surface area (Å²) in [6.45, 7) is 5.61. The number of aromatic nitrogens is 2. The van der Waals surface area contributed by atoms with Gasteiger partial charge in [0.1, 0.15) is 5.82 Å². The molecule has 2 N–H and O–H groups in total. The maximum Gasteiger partial charge on any atom is 0.419 e. The molecule has 3 atom stereocenters. The van der Waals surface area contributed by atoms with Crippen LogP contribution in [0, 0.1) is 5.82 Å². The van der Waals surface area contributed by atoms with Gasteiger partial charge in [0.05, 0.1) is 54.3 Å². The number of nitrogens with one attached hydrogen (secondary N) is 1. The normalized spacial score (nSPS) is 19.5. The number of allylic oxidation sites excluding steroid dienone is 1. The third-order valence-corrected chi connectivity index (χ3v) is 5.55. The number of carbonyl (C=O) groups is 1. The highest BCUT2D eigenvalue weighted by Gasteiger charge is 2.36.